The molecule has 0 aliphatic rings. The molecule has 0 aliphatic carbocycles. The van der Waals surface area contributed by atoms with E-state index in [2.05, 4.69) is 170 Å². The summed E-state index contributed by atoms with van der Waals surface area (Å²) in [4.78, 5) is 10.9. The minimum Gasteiger partial charge on any atom is -0.228 e. The Kier molecular flexibility index (Phi) is 6.90. The molecule has 3 heterocycles. The van der Waals surface area contributed by atoms with Crippen LogP contribution in [0.4, 0.5) is 0 Å². The van der Waals surface area contributed by atoms with Gasteiger partial charge < -0.3 is 0 Å². The zero-order valence-electron chi connectivity index (χ0n) is 26.9. The number of rotatable bonds is 5. The average Bonchev–Trinajstić information content (AvgIpc) is 3.77. The summed E-state index contributed by atoms with van der Waals surface area (Å²) in [6.07, 6.45) is 0. The van der Waals surface area contributed by atoms with E-state index in [1.165, 1.54) is 51.5 Å². The summed E-state index contributed by atoms with van der Waals surface area (Å²) in [6.45, 7) is 0. The van der Waals surface area contributed by atoms with Crippen LogP contribution in [0.3, 0.4) is 0 Å². The first-order valence-corrected chi connectivity index (χ1v) is 18.4. The third kappa shape index (κ3) is 4.84. The minimum absolute atomic E-state index is 0.732. The van der Waals surface area contributed by atoms with Crippen molar-refractivity contribution in [2.24, 2.45) is 0 Å². The highest BCUT2D eigenvalue weighted by molar-refractivity contribution is 7.26. The van der Waals surface area contributed by atoms with Crippen LogP contribution < -0.4 is 0 Å². The molecule has 0 fully saturated rings. The third-order valence-corrected chi connectivity index (χ3v) is 11.9. The van der Waals surface area contributed by atoms with Crippen molar-refractivity contribution in [1.82, 2.24) is 9.97 Å². The summed E-state index contributed by atoms with van der Waals surface area (Å²) >= 11 is 3.65. The van der Waals surface area contributed by atoms with Gasteiger partial charge in [0.05, 0.1) is 11.4 Å². The molecular weight excluding hydrogens is 645 g/mol. The standard InChI is InChI=1S/C46H28N2S2/c1-3-13-29(14-4-1)31-25-26-32(38(27-31)30-15-5-2-6-16-30)39-28-40(35-20-11-19-34-33-17-7-9-22-41(33)50-45(34)35)48-46(47-39)37-21-12-24-43-44(37)36-18-8-10-23-42(36)49-43/h1-28H. The maximum Gasteiger partial charge on any atom is 0.161 e. The molecule has 0 atom stereocenters. The van der Waals surface area contributed by atoms with E-state index in [0.29, 0.717) is 0 Å². The first-order chi connectivity index (χ1) is 24.8. The minimum atomic E-state index is 0.732. The van der Waals surface area contributed by atoms with E-state index >= 15 is 0 Å². The Morgan fingerprint density at radius 1 is 0.340 bits per heavy atom. The van der Waals surface area contributed by atoms with Crippen molar-refractivity contribution in [2.45, 2.75) is 0 Å². The lowest BCUT2D eigenvalue weighted by atomic mass is 9.92. The van der Waals surface area contributed by atoms with Crippen LogP contribution in [0.5, 0.6) is 0 Å². The highest BCUT2D eigenvalue weighted by atomic mass is 32.1. The van der Waals surface area contributed by atoms with E-state index in [4.69, 9.17) is 9.97 Å². The van der Waals surface area contributed by atoms with E-state index < -0.39 is 0 Å². The van der Waals surface area contributed by atoms with Gasteiger partial charge >= 0.3 is 0 Å². The lowest BCUT2D eigenvalue weighted by molar-refractivity contribution is 1.19. The number of fused-ring (bicyclic) bond motifs is 6. The fourth-order valence-electron chi connectivity index (χ4n) is 7.19. The Morgan fingerprint density at radius 2 is 0.940 bits per heavy atom. The molecule has 2 nitrogen and oxygen atoms in total. The Morgan fingerprint density at radius 3 is 1.74 bits per heavy atom. The zero-order valence-corrected chi connectivity index (χ0v) is 28.5. The van der Waals surface area contributed by atoms with Crippen LogP contribution >= 0.6 is 22.7 Å². The van der Waals surface area contributed by atoms with Crippen molar-refractivity contribution in [3.63, 3.8) is 0 Å². The molecule has 10 aromatic rings. The second-order valence-corrected chi connectivity index (χ2v) is 14.6. The van der Waals surface area contributed by atoms with Gasteiger partial charge in [-0.05, 0) is 52.6 Å². The predicted molar refractivity (Wildman–Crippen MR) is 215 cm³/mol. The van der Waals surface area contributed by atoms with Crippen LogP contribution in [0.15, 0.2) is 170 Å². The number of nitrogens with zero attached hydrogens (tertiary/aromatic N) is 2. The lowest BCUT2D eigenvalue weighted by Crippen LogP contribution is -1.98. The molecule has 0 saturated heterocycles. The van der Waals surface area contributed by atoms with Crippen LogP contribution in [0.25, 0.3) is 96.5 Å². The summed E-state index contributed by atoms with van der Waals surface area (Å²) in [7, 11) is 0. The Labute approximate surface area is 297 Å². The molecule has 10 rings (SSSR count). The van der Waals surface area contributed by atoms with Gasteiger partial charge in [-0.25, -0.2) is 9.97 Å². The van der Waals surface area contributed by atoms with Crippen molar-refractivity contribution >= 4 is 63.0 Å². The number of thiophene rings is 2. The van der Waals surface area contributed by atoms with Gasteiger partial charge in [0.25, 0.3) is 0 Å². The van der Waals surface area contributed by atoms with Gasteiger partial charge in [-0.15, -0.1) is 22.7 Å². The highest BCUT2D eigenvalue weighted by Crippen LogP contribution is 2.44. The molecule has 0 spiro atoms. The van der Waals surface area contributed by atoms with Gasteiger partial charge in [0.1, 0.15) is 0 Å². The van der Waals surface area contributed by atoms with Crippen molar-refractivity contribution < 1.29 is 0 Å². The van der Waals surface area contributed by atoms with Crippen molar-refractivity contribution in [3.8, 4) is 56.2 Å². The van der Waals surface area contributed by atoms with Gasteiger partial charge in [-0.1, -0.05) is 140 Å². The molecule has 234 valence electrons. The molecule has 50 heavy (non-hydrogen) atoms. The zero-order chi connectivity index (χ0) is 33.0. The van der Waals surface area contributed by atoms with Crippen LogP contribution in [0.1, 0.15) is 0 Å². The number of hydrogen-bond acceptors (Lipinski definition) is 4. The number of benzene rings is 7. The topological polar surface area (TPSA) is 25.8 Å². The van der Waals surface area contributed by atoms with Crippen LogP contribution in [-0.2, 0) is 0 Å². The average molecular weight is 673 g/mol. The molecule has 0 aliphatic heterocycles. The van der Waals surface area contributed by atoms with E-state index in [1.807, 2.05) is 22.7 Å². The fourth-order valence-corrected chi connectivity index (χ4v) is 9.54. The molecule has 0 unspecified atom stereocenters. The van der Waals surface area contributed by atoms with Crippen LogP contribution in [0, 0.1) is 0 Å². The summed E-state index contributed by atoms with van der Waals surface area (Å²) in [5, 5.41) is 4.98. The van der Waals surface area contributed by atoms with Crippen LogP contribution in [-0.4, -0.2) is 9.97 Å². The van der Waals surface area contributed by atoms with Crippen molar-refractivity contribution in [2.75, 3.05) is 0 Å². The van der Waals surface area contributed by atoms with Crippen molar-refractivity contribution in [1.29, 1.82) is 0 Å². The van der Waals surface area contributed by atoms with E-state index in [-0.39, 0.29) is 0 Å². The first kappa shape index (κ1) is 29.0. The molecule has 3 aromatic heterocycles. The van der Waals surface area contributed by atoms with Crippen LogP contribution in [0.2, 0.25) is 0 Å². The van der Waals surface area contributed by atoms with E-state index in [0.717, 1.165) is 45.0 Å². The maximum absolute atomic E-state index is 5.44. The second-order valence-electron chi connectivity index (χ2n) is 12.5. The number of hydrogen-bond donors (Lipinski definition) is 0. The maximum atomic E-state index is 5.44. The molecule has 0 N–H and O–H groups in total. The summed E-state index contributed by atoms with van der Waals surface area (Å²) in [5.41, 5.74) is 9.72. The molecule has 0 saturated carbocycles. The fraction of sp³-hybridized carbons (Fsp3) is 0. The lowest BCUT2D eigenvalue weighted by Gasteiger charge is -2.15. The molecular formula is C46H28N2S2. The van der Waals surface area contributed by atoms with Crippen molar-refractivity contribution in [3.05, 3.63) is 170 Å². The van der Waals surface area contributed by atoms with Gasteiger partial charge in [-0.3, -0.25) is 0 Å². The number of aromatic nitrogens is 2. The SMILES string of the molecule is c1ccc(-c2ccc(-c3cc(-c4cccc5c4sc4ccccc45)nc(-c4cccc5sc6ccccc6c45)n3)c(-c3ccccc3)c2)cc1. The van der Waals surface area contributed by atoms with Gasteiger partial charge in [0, 0.05) is 57.0 Å². The van der Waals surface area contributed by atoms with Gasteiger partial charge in [-0.2, -0.15) is 0 Å². The molecule has 7 aromatic carbocycles. The quantitative estimate of drug-likeness (QED) is 0.182. The third-order valence-electron chi connectivity index (χ3n) is 9.54. The van der Waals surface area contributed by atoms with Gasteiger partial charge in [0.15, 0.2) is 5.82 Å². The van der Waals surface area contributed by atoms with E-state index in [9.17, 15) is 0 Å². The molecule has 0 radical (unpaired) electrons. The molecule has 0 amide bonds. The largest absolute Gasteiger partial charge is 0.228 e. The summed E-state index contributed by atoms with van der Waals surface area (Å²) in [5.74, 6) is 0.732. The molecule has 0 bridgehead atoms. The highest BCUT2D eigenvalue weighted by Gasteiger charge is 2.20. The Balaban J connectivity index is 1.27. The monoisotopic (exact) mass is 672 g/mol. The summed E-state index contributed by atoms with van der Waals surface area (Å²) in [6, 6.07) is 60.7. The normalized spacial score (nSPS) is 11.6. The summed E-state index contributed by atoms with van der Waals surface area (Å²) < 4.78 is 5.03. The predicted octanol–water partition coefficient (Wildman–Crippen LogP) is 13.5. The molecule has 4 heteroatoms. The Hall–Kier alpha value is -5.94. The van der Waals surface area contributed by atoms with E-state index in [1.54, 1.807) is 0 Å². The first-order valence-electron chi connectivity index (χ1n) is 16.7. The Bertz CT molecular complexity index is 2870. The van der Waals surface area contributed by atoms with Gasteiger partial charge in [0.2, 0.25) is 0 Å². The smallest absolute Gasteiger partial charge is 0.161 e. The second kappa shape index (κ2) is 11.9.